The first kappa shape index (κ1) is 11.6. The first-order valence-corrected chi connectivity index (χ1v) is 6.70. The molecule has 84 valence electrons. The Hall–Kier alpha value is 0.1000. The van der Waals surface area contributed by atoms with Crippen molar-refractivity contribution < 1.29 is 9.84 Å². The lowest BCUT2D eigenvalue weighted by molar-refractivity contribution is -0.0469. The van der Waals surface area contributed by atoms with Gasteiger partial charge in [0.25, 0.3) is 0 Å². The number of halogens is 1. The Bertz CT molecular complexity index is 335. The van der Waals surface area contributed by atoms with Crippen molar-refractivity contribution in [2.24, 2.45) is 5.92 Å². The third-order valence-electron chi connectivity index (χ3n) is 2.84. The Labute approximate surface area is 102 Å². The Morgan fingerprint density at radius 1 is 1.60 bits per heavy atom. The lowest BCUT2D eigenvalue weighted by atomic mass is 9.94. The minimum Gasteiger partial charge on any atom is -0.387 e. The molecule has 1 aromatic rings. The molecule has 1 fully saturated rings. The van der Waals surface area contributed by atoms with Gasteiger partial charge in [-0.25, -0.2) is 0 Å². The SMILES string of the molecule is COCC(O)(Cc1ccc(Br)s1)C1CC1. The predicted octanol–water partition coefficient (Wildman–Crippen LogP) is 2.84. The van der Waals surface area contributed by atoms with E-state index in [9.17, 15) is 5.11 Å². The number of rotatable bonds is 5. The van der Waals surface area contributed by atoms with Crippen molar-refractivity contribution >= 4 is 27.3 Å². The second-order valence-corrected chi connectivity index (χ2v) is 6.74. The summed E-state index contributed by atoms with van der Waals surface area (Å²) in [5, 5.41) is 10.5. The van der Waals surface area contributed by atoms with Gasteiger partial charge in [0.1, 0.15) is 0 Å². The first-order valence-electron chi connectivity index (χ1n) is 5.09. The van der Waals surface area contributed by atoms with Crippen LogP contribution < -0.4 is 0 Å². The maximum absolute atomic E-state index is 10.5. The summed E-state index contributed by atoms with van der Waals surface area (Å²) in [6.07, 6.45) is 2.97. The van der Waals surface area contributed by atoms with Gasteiger partial charge in [0, 0.05) is 18.4 Å². The van der Waals surface area contributed by atoms with Gasteiger partial charge in [-0.1, -0.05) is 0 Å². The van der Waals surface area contributed by atoms with Crippen LogP contribution in [0.2, 0.25) is 0 Å². The number of hydrogen-bond donors (Lipinski definition) is 1. The molecule has 0 aromatic carbocycles. The van der Waals surface area contributed by atoms with E-state index in [1.54, 1.807) is 18.4 Å². The molecule has 0 spiro atoms. The van der Waals surface area contributed by atoms with E-state index in [2.05, 4.69) is 22.0 Å². The fourth-order valence-electron chi connectivity index (χ4n) is 1.93. The normalized spacial score (nSPS) is 20.2. The molecule has 0 bridgehead atoms. The molecule has 0 saturated heterocycles. The molecule has 1 atom stereocenters. The number of thiophene rings is 1. The molecule has 1 N–H and O–H groups in total. The third kappa shape index (κ3) is 2.81. The fraction of sp³-hybridized carbons (Fsp3) is 0.636. The van der Waals surface area contributed by atoms with E-state index in [4.69, 9.17) is 4.74 Å². The molecule has 4 heteroatoms. The Kier molecular flexibility index (Phi) is 3.50. The number of hydrogen-bond acceptors (Lipinski definition) is 3. The summed E-state index contributed by atoms with van der Waals surface area (Å²) in [5.41, 5.74) is -0.654. The standard InChI is InChI=1S/C11H15BrO2S/c1-14-7-11(13,8-2-3-8)6-9-4-5-10(12)15-9/h4-5,8,13H,2-3,6-7H2,1H3. The monoisotopic (exact) mass is 290 g/mol. The van der Waals surface area contributed by atoms with E-state index in [0.29, 0.717) is 18.9 Å². The van der Waals surface area contributed by atoms with E-state index in [1.165, 1.54) is 4.88 Å². The number of ether oxygens (including phenoxy) is 1. The molecule has 15 heavy (non-hydrogen) atoms. The van der Waals surface area contributed by atoms with Gasteiger partial charge < -0.3 is 9.84 Å². The number of aliphatic hydroxyl groups is 1. The average Bonchev–Trinajstić information content (AvgIpc) is 2.93. The van der Waals surface area contributed by atoms with Crippen LogP contribution in [0, 0.1) is 5.92 Å². The highest BCUT2D eigenvalue weighted by molar-refractivity contribution is 9.11. The van der Waals surface area contributed by atoms with Gasteiger partial charge in [-0.2, -0.15) is 0 Å². The molecule has 1 aromatic heterocycles. The second kappa shape index (κ2) is 4.53. The van der Waals surface area contributed by atoms with Crippen LogP contribution >= 0.6 is 27.3 Å². The van der Waals surface area contributed by atoms with Crippen molar-refractivity contribution in [3.63, 3.8) is 0 Å². The summed E-state index contributed by atoms with van der Waals surface area (Å²) in [5.74, 6) is 0.429. The summed E-state index contributed by atoms with van der Waals surface area (Å²) in [7, 11) is 1.65. The summed E-state index contributed by atoms with van der Waals surface area (Å²) < 4.78 is 6.25. The molecule has 1 aliphatic rings. The molecule has 1 unspecified atom stereocenters. The zero-order valence-corrected chi connectivity index (χ0v) is 11.1. The van der Waals surface area contributed by atoms with Gasteiger partial charge in [0.2, 0.25) is 0 Å². The zero-order chi connectivity index (χ0) is 10.9. The number of methoxy groups -OCH3 is 1. The van der Waals surface area contributed by atoms with E-state index in [1.807, 2.05) is 6.07 Å². The summed E-state index contributed by atoms with van der Waals surface area (Å²) in [4.78, 5) is 1.22. The highest BCUT2D eigenvalue weighted by Crippen LogP contribution is 2.42. The molecule has 1 heterocycles. The maximum Gasteiger partial charge on any atom is 0.0955 e. The van der Waals surface area contributed by atoms with Crippen LogP contribution in [0.4, 0.5) is 0 Å². The van der Waals surface area contributed by atoms with Gasteiger partial charge in [-0.3, -0.25) is 0 Å². The van der Waals surface area contributed by atoms with Gasteiger partial charge >= 0.3 is 0 Å². The molecule has 0 aliphatic heterocycles. The lowest BCUT2D eigenvalue weighted by Crippen LogP contribution is -2.38. The van der Waals surface area contributed by atoms with Crippen LogP contribution in [0.3, 0.4) is 0 Å². The van der Waals surface area contributed by atoms with Crippen molar-refractivity contribution in [2.45, 2.75) is 24.9 Å². The topological polar surface area (TPSA) is 29.5 Å². The minimum atomic E-state index is -0.654. The quantitative estimate of drug-likeness (QED) is 0.904. The van der Waals surface area contributed by atoms with Crippen molar-refractivity contribution in [1.82, 2.24) is 0 Å². The van der Waals surface area contributed by atoms with Crippen molar-refractivity contribution in [1.29, 1.82) is 0 Å². The lowest BCUT2D eigenvalue weighted by Gasteiger charge is -2.26. The molecule has 1 aliphatic carbocycles. The van der Waals surface area contributed by atoms with E-state index in [0.717, 1.165) is 16.6 Å². The van der Waals surface area contributed by atoms with Crippen molar-refractivity contribution in [3.8, 4) is 0 Å². The Morgan fingerprint density at radius 3 is 2.80 bits per heavy atom. The molecular formula is C11H15BrO2S. The van der Waals surface area contributed by atoms with E-state index >= 15 is 0 Å². The van der Waals surface area contributed by atoms with Gasteiger partial charge in [-0.05, 0) is 46.8 Å². The average molecular weight is 291 g/mol. The third-order valence-corrected chi connectivity index (χ3v) is 4.46. The maximum atomic E-state index is 10.5. The summed E-state index contributed by atoms with van der Waals surface area (Å²) >= 11 is 5.12. The van der Waals surface area contributed by atoms with Crippen LogP contribution in [0.25, 0.3) is 0 Å². The van der Waals surface area contributed by atoms with Crippen LogP contribution in [-0.2, 0) is 11.2 Å². The molecule has 2 rings (SSSR count). The molecule has 0 amide bonds. The predicted molar refractivity (Wildman–Crippen MR) is 65.3 cm³/mol. The summed E-state index contributed by atoms with van der Waals surface area (Å²) in [6.45, 7) is 0.438. The van der Waals surface area contributed by atoms with Crippen molar-refractivity contribution in [2.75, 3.05) is 13.7 Å². The van der Waals surface area contributed by atoms with Gasteiger partial charge in [-0.15, -0.1) is 11.3 Å². The summed E-state index contributed by atoms with van der Waals surface area (Å²) in [6, 6.07) is 4.10. The van der Waals surface area contributed by atoms with Gasteiger partial charge in [0.05, 0.1) is 16.0 Å². The molecule has 2 nitrogen and oxygen atoms in total. The molecule has 0 radical (unpaired) electrons. The highest BCUT2D eigenvalue weighted by Gasteiger charge is 2.44. The van der Waals surface area contributed by atoms with E-state index < -0.39 is 5.60 Å². The van der Waals surface area contributed by atoms with Crippen molar-refractivity contribution in [3.05, 3.63) is 20.8 Å². The molecular weight excluding hydrogens is 276 g/mol. The highest BCUT2D eigenvalue weighted by atomic mass is 79.9. The Morgan fingerprint density at radius 2 is 2.33 bits per heavy atom. The van der Waals surface area contributed by atoms with Crippen LogP contribution in [-0.4, -0.2) is 24.4 Å². The zero-order valence-electron chi connectivity index (χ0n) is 8.70. The van der Waals surface area contributed by atoms with Gasteiger partial charge in [0.15, 0.2) is 0 Å². The first-order chi connectivity index (χ1) is 7.14. The van der Waals surface area contributed by atoms with E-state index in [-0.39, 0.29) is 0 Å². The second-order valence-electron chi connectivity index (χ2n) is 4.19. The Balaban J connectivity index is 2.06. The van der Waals surface area contributed by atoms with Crippen LogP contribution in [0.15, 0.2) is 15.9 Å². The molecule has 1 saturated carbocycles. The van der Waals surface area contributed by atoms with Crippen LogP contribution in [0.5, 0.6) is 0 Å². The fourth-order valence-corrected chi connectivity index (χ4v) is 3.53. The largest absolute Gasteiger partial charge is 0.387 e. The minimum absolute atomic E-state index is 0.429. The smallest absolute Gasteiger partial charge is 0.0955 e. The van der Waals surface area contributed by atoms with Crippen LogP contribution in [0.1, 0.15) is 17.7 Å².